The summed E-state index contributed by atoms with van der Waals surface area (Å²) in [4.78, 5) is 13.3. The lowest BCUT2D eigenvalue weighted by molar-refractivity contribution is -0.118. The predicted molar refractivity (Wildman–Crippen MR) is 105 cm³/mol. The molecule has 2 aromatic carbocycles. The van der Waals surface area contributed by atoms with Crippen molar-refractivity contribution in [3.8, 4) is 0 Å². The van der Waals surface area contributed by atoms with E-state index >= 15 is 0 Å². The summed E-state index contributed by atoms with van der Waals surface area (Å²) in [5.41, 5.74) is 5.96. The zero-order valence-electron chi connectivity index (χ0n) is 15.9. The minimum Gasteiger partial charge on any atom is -0.511 e. The molecule has 5 atom stereocenters. The van der Waals surface area contributed by atoms with E-state index < -0.39 is 0 Å². The molecule has 0 radical (unpaired) electrons. The highest BCUT2D eigenvalue weighted by atomic mass is 16.5. The summed E-state index contributed by atoms with van der Waals surface area (Å²) in [6.07, 6.45) is 0.645. The number of hydrogen-bond acceptors (Lipinski definition) is 3. The molecule has 2 aliphatic heterocycles. The fourth-order valence-corrected chi connectivity index (χ4v) is 5.71. The molecule has 3 nitrogen and oxygen atoms in total. The molecule has 3 heteroatoms. The highest BCUT2D eigenvalue weighted by Crippen LogP contribution is 2.58. The second kappa shape index (κ2) is 5.80. The van der Waals surface area contributed by atoms with Gasteiger partial charge >= 0.3 is 0 Å². The molecule has 1 N–H and O–H groups in total. The smallest absolute Gasteiger partial charge is 0.173 e. The molecule has 0 amide bonds. The van der Waals surface area contributed by atoms with Crippen LogP contribution in [0.25, 0.3) is 5.57 Å². The molecule has 0 saturated carbocycles. The van der Waals surface area contributed by atoms with Crippen LogP contribution >= 0.6 is 0 Å². The van der Waals surface area contributed by atoms with Crippen LogP contribution in [0.3, 0.4) is 0 Å². The van der Waals surface area contributed by atoms with Crippen molar-refractivity contribution in [3.05, 3.63) is 76.0 Å². The first-order valence-corrected chi connectivity index (χ1v) is 9.73. The van der Waals surface area contributed by atoms with Gasteiger partial charge < -0.3 is 9.84 Å². The third kappa shape index (κ3) is 2.28. The molecule has 1 aliphatic carbocycles. The van der Waals surface area contributed by atoms with Crippen LogP contribution in [-0.4, -0.2) is 23.1 Å². The Hall–Kier alpha value is -2.39. The highest BCUT2D eigenvalue weighted by Gasteiger charge is 2.62. The molecule has 2 heterocycles. The molecule has 1 unspecified atom stereocenters. The maximum absolute atomic E-state index is 13.3. The average molecular weight is 360 g/mol. The van der Waals surface area contributed by atoms with Crippen molar-refractivity contribution in [1.82, 2.24) is 0 Å². The molecule has 5 rings (SSSR count). The van der Waals surface area contributed by atoms with E-state index in [1.54, 1.807) is 0 Å². The van der Waals surface area contributed by atoms with E-state index in [0.29, 0.717) is 5.57 Å². The zero-order chi connectivity index (χ0) is 18.9. The van der Waals surface area contributed by atoms with Crippen molar-refractivity contribution >= 4 is 11.4 Å². The summed E-state index contributed by atoms with van der Waals surface area (Å²) < 4.78 is 6.20. The van der Waals surface area contributed by atoms with Gasteiger partial charge in [0.25, 0.3) is 0 Å². The minimum atomic E-state index is -0.231. The van der Waals surface area contributed by atoms with Gasteiger partial charge in [0.15, 0.2) is 5.78 Å². The van der Waals surface area contributed by atoms with E-state index in [1.165, 1.54) is 11.1 Å². The second-order valence-corrected chi connectivity index (χ2v) is 8.34. The van der Waals surface area contributed by atoms with Gasteiger partial charge in [-0.15, -0.1) is 0 Å². The third-order valence-corrected chi connectivity index (χ3v) is 6.63. The fourth-order valence-electron chi connectivity index (χ4n) is 5.71. The molecule has 2 bridgehead atoms. The number of hydrogen-bond donors (Lipinski definition) is 1. The van der Waals surface area contributed by atoms with Crippen LogP contribution in [0.1, 0.15) is 40.2 Å². The standard InChI is InChI=1S/C24H24O3/c1-12-9-13(2)18(14(3)10-12)20-22(25)19-17-11-16(15-7-5-4-6-8-15)24(27-17)21(19)23(20)26/h4-10,16-17,19,21,24,26H,11H2,1-3H3/t16?,17-,19-,21+,24+/m0/s1. The Labute approximate surface area is 159 Å². The molecule has 0 spiro atoms. The molecule has 2 saturated heterocycles. The average Bonchev–Trinajstić information content (AvgIpc) is 3.29. The largest absolute Gasteiger partial charge is 0.511 e. The number of Topliss-reactive ketones (excluding diaryl/α,β-unsaturated/α-hetero) is 1. The predicted octanol–water partition coefficient (Wildman–Crippen LogP) is 4.65. The molecule has 0 aromatic heterocycles. The summed E-state index contributed by atoms with van der Waals surface area (Å²) in [6, 6.07) is 14.5. The number of allylic oxidation sites excluding steroid dienone is 1. The van der Waals surface area contributed by atoms with Crippen LogP contribution in [0, 0.1) is 32.6 Å². The third-order valence-electron chi connectivity index (χ3n) is 6.63. The lowest BCUT2D eigenvalue weighted by Crippen LogP contribution is -2.33. The topological polar surface area (TPSA) is 46.5 Å². The molecular weight excluding hydrogens is 336 g/mol. The van der Waals surface area contributed by atoms with Crippen LogP contribution in [-0.2, 0) is 9.53 Å². The van der Waals surface area contributed by atoms with Crippen molar-refractivity contribution in [2.24, 2.45) is 11.8 Å². The lowest BCUT2D eigenvalue weighted by Gasteiger charge is -2.27. The Balaban J connectivity index is 1.59. The van der Waals surface area contributed by atoms with Gasteiger partial charge in [-0.3, -0.25) is 4.79 Å². The maximum Gasteiger partial charge on any atom is 0.173 e. The van der Waals surface area contributed by atoms with E-state index in [4.69, 9.17) is 4.74 Å². The van der Waals surface area contributed by atoms with E-state index in [-0.39, 0.29) is 41.5 Å². The van der Waals surface area contributed by atoms with Crippen LogP contribution < -0.4 is 0 Å². The number of benzene rings is 2. The molecular formula is C24H24O3. The Morgan fingerprint density at radius 1 is 1.00 bits per heavy atom. The molecule has 27 heavy (non-hydrogen) atoms. The number of aliphatic hydroxyl groups is 1. The number of carbonyl (C=O) groups excluding carboxylic acids is 1. The van der Waals surface area contributed by atoms with Gasteiger partial charge in [0.05, 0.1) is 29.6 Å². The maximum atomic E-state index is 13.3. The normalized spacial score (nSPS) is 31.7. The summed E-state index contributed by atoms with van der Waals surface area (Å²) in [5.74, 6) is 0.105. The van der Waals surface area contributed by atoms with Crippen LogP contribution in [0.4, 0.5) is 0 Å². The number of rotatable bonds is 2. The van der Waals surface area contributed by atoms with E-state index in [2.05, 4.69) is 31.2 Å². The molecule has 138 valence electrons. The summed E-state index contributed by atoms with van der Waals surface area (Å²) in [5, 5.41) is 11.2. The Morgan fingerprint density at radius 2 is 1.67 bits per heavy atom. The van der Waals surface area contributed by atoms with Gasteiger partial charge in [0.1, 0.15) is 5.76 Å². The first kappa shape index (κ1) is 16.8. The monoisotopic (exact) mass is 360 g/mol. The number of ether oxygens (including phenoxy) is 1. The van der Waals surface area contributed by atoms with Crippen molar-refractivity contribution < 1.29 is 14.6 Å². The van der Waals surface area contributed by atoms with Crippen LogP contribution in [0.15, 0.2) is 48.2 Å². The summed E-state index contributed by atoms with van der Waals surface area (Å²) in [6.45, 7) is 6.10. The lowest BCUT2D eigenvalue weighted by atomic mass is 9.72. The second-order valence-electron chi connectivity index (χ2n) is 8.34. The van der Waals surface area contributed by atoms with Crippen LogP contribution in [0.5, 0.6) is 0 Å². The number of carbonyl (C=O) groups is 1. The van der Waals surface area contributed by atoms with Gasteiger partial charge in [-0.05, 0) is 49.4 Å². The SMILES string of the molecule is Cc1cc(C)c(C2=C(O)[C@H]3[C@@H](C2=O)[C@@H]2CC(c4ccccc4)[C@H]3O2)c(C)c1. The Morgan fingerprint density at radius 3 is 2.33 bits per heavy atom. The van der Waals surface area contributed by atoms with Crippen molar-refractivity contribution in [2.75, 3.05) is 0 Å². The first-order chi connectivity index (χ1) is 13.0. The van der Waals surface area contributed by atoms with Gasteiger partial charge in [-0.1, -0.05) is 48.0 Å². The molecule has 3 aliphatic rings. The summed E-state index contributed by atoms with van der Waals surface area (Å²) >= 11 is 0. The summed E-state index contributed by atoms with van der Waals surface area (Å²) in [7, 11) is 0. The highest BCUT2D eigenvalue weighted by molar-refractivity contribution is 6.26. The number of fused-ring (bicyclic) bond motifs is 5. The van der Waals surface area contributed by atoms with Crippen molar-refractivity contribution in [2.45, 2.75) is 45.3 Å². The van der Waals surface area contributed by atoms with E-state index in [1.807, 2.05) is 32.0 Å². The van der Waals surface area contributed by atoms with Crippen LogP contribution in [0.2, 0.25) is 0 Å². The number of aryl methyl sites for hydroxylation is 3. The molecule has 2 aromatic rings. The van der Waals surface area contributed by atoms with E-state index in [0.717, 1.165) is 23.1 Å². The molecule has 2 fully saturated rings. The van der Waals surface area contributed by atoms with Crippen molar-refractivity contribution in [1.29, 1.82) is 0 Å². The minimum absolute atomic E-state index is 0.0616. The number of ketones is 1. The Bertz CT molecular complexity index is 949. The van der Waals surface area contributed by atoms with E-state index in [9.17, 15) is 9.90 Å². The number of aliphatic hydroxyl groups excluding tert-OH is 1. The zero-order valence-corrected chi connectivity index (χ0v) is 15.9. The quantitative estimate of drug-likeness (QED) is 0.848. The van der Waals surface area contributed by atoms with Crippen molar-refractivity contribution in [3.63, 3.8) is 0 Å². The van der Waals surface area contributed by atoms with Gasteiger partial charge in [0.2, 0.25) is 0 Å². The van der Waals surface area contributed by atoms with Gasteiger partial charge in [-0.25, -0.2) is 0 Å². The fraction of sp³-hybridized carbons (Fsp3) is 0.375. The van der Waals surface area contributed by atoms with Gasteiger partial charge in [-0.2, -0.15) is 0 Å². The van der Waals surface area contributed by atoms with Gasteiger partial charge in [0, 0.05) is 5.92 Å². The first-order valence-electron chi connectivity index (χ1n) is 9.73. The Kier molecular flexibility index (Phi) is 3.60.